The summed E-state index contributed by atoms with van der Waals surface area (Å²) in [5, 5.41) is 6.71. The van der Waals surface area contributed by atoms with E-state index >= 15 is 4.39 Å². The average Bonchev–Trinajstić information content (AvgIpc) is 2.98. The number of benzene rings is 2. The first-order valence-corrected chi connectivity index (χ1v) is 15.5. The number of hydrogen-bond acceptors (Lipinski definition) is 6. The Kier molecular flexibility index (Phi) is 9.35. The van der Waals surface area contributed by atoms with Gasteiger partial charge in [0.05, 0.1) is 29.4 Å². The fraction of sp³-hybridized carbons (Fsp3) is 0.367. The predicted molar refractivity (Wildman–Crippen MR) is 156 cm³/mol. The van der Waals surface area contributed by atoms with E-state index in [1.807, 2.05) is 12.1 Å². The maximum Gasteiger partial charge on any atom is 0.243 e. The Labute approximate surface area is 245 Å². The Morgan fingerprint density at radius 2 is 1.88 bits per heavy atom. The van der Waals surface area contributed by atoms with Gasteiger partial charge in [-0.15, -0.1) is 0 Å². The highest BCUT2D eigenvalue weighted by Gasteiger charge is 2.37. The lowest BCUT2D eigenvalue weighted by Gasteiger charge is -2.37. The van der Waals surface area contributed by atoms with Crippen LogP contribution in [-0.2, 0) is 31.4 Å². The number of anilines is 1. The molecule has 2 N–H and O–H groups in total. The second-order valence-corrected chi connectivity index (χ2v) is 12.7. The van der Waals surface area contributed by atoms with Crippen molar-refractivity contribution in [1.29, 1.82) is 0 Å². The first kappa shape index (κ1) is 29.6. The van der Waals surface area contributed by atoms with Gasteiger partial charge >= 0.3 is 0 Å². The zero-order valence-corrected chi connectivity index (χ0v) is 24.1. The van der Waals surface area contributed by atoms with E-state index in [9.17, 15) is 13.2 Å². The van der Waals surface area contributed by atoms with Crippen LogP contribution in [0.15, 0.2) is 71.9 Å². The van der Waals surface area contributed by atoms with Gasteiger partial charge in [-0.2, -0.15) is 4.31 Å². The van der Waals surface area contributed by atoms with Gasteiger partial charge in [-0.25, -0.2) is 12.8 Å². The molecule has 1 atom stereocenters. The van der Waals surface area contributed by atoms with Gasteiger partial charge in [-0.1, -0.05) is 41.9 Å². The van der Waals surface area contributed by atoms with Gasteiger partial charge in [0.1, 0.15) is 5.82 Å². The lowest BCUT2D eigenvalue weighted by Crippen LogP contribution is -2.53. The number of pyridine rings is 1. The summed E-state index contributed by atoms with van der Waals surface area (Å²) in [5.41, 5.74) is 0.971. The summed E-state index contributed by atoms with van der Waals surface area (Å²) in [6.45, 7) is 2.31. The molecular formula is C30H33ClFN4O4S. The summed E-state index contributed by atoms with van der Waals surface area (Å²) in [7, 11) is -3.71. The minimum Gasteiger partial charge on any atom is -0.381 e. The minimum atomic E-state index is -3.71. The van der Waals surface area contributed by atoms with Crippen molar-refractivity contribution in [2.75, 3.05) is 38.2 Å². The molecule has 2 fully saturated rings. The number of aromatic nitrogens is 1. The summed E-state index contributed by atoms with van der Waals surface area (Å²) in [5.74, 6) is -0.925. The zero-order chi connectivity index (χ0) is 28.9. The fourth-order valence-corrected chi connectivity index (χ4v) is 7.42. The number of sulfonamides is 1. The summed E-state index contributed by atoms with van der Waals surface area (Å²) in [6, 6.07) is 15.4. The van der Waals surface area contributed by atoms with Gasteiger partial charge in [-0.05, 0) is 55.5 Å². The molecule has 8 nitrogen and oxygen atoms in total. The quantitative estimate of drug-likeness (QED) is 0.379. The lowest BCUT2D eigenvalue weighted by molar-refractivity contribution is -0.114. The van der Waals surface area contributed by atoms with E-state index in [1.54, 1.807) is 48.9 Å². The summed E-state index contributed by atoms with van der Waals surface area (Å²) < 4.78 is 48.9. The second kappa shape index (κ2) is 13.0. The molecule has 3 heterocycles. The van der Waals surface area contributed by atoms with Crippen LogP contribution in [-0.4, -0.2) is 62.5 Å². The molecule has 2 saturated heterocycles. The van der Waals surface area contributed by atoms with Crippen molar-refractivity contribution in [3.05, 3.63) is 95.4 Å². The van der Waals surface area contributed by atoms with E-state index in [0.29, 0.717) is 57.1 Å². The second-order valence-electron chi connectivity index (χ2n) is 10.4. The number of rotatable bonds is 9. The van der Waals surface area contributed by atoms with Gasteiger partial charge in [0, 0.05) is 54.9 Å². The molecule has 2 aliphatic rings. The first-order chi connectivity index (χ1) is 19.8. The molecule has 0 spiro atoms. The molecule has 1 aromatic heterocycles. The van der Waals surface area contributed by atoms with Crippen molar-refractivity contribution in [2.24, 2.45) is 0 Å². The molecule has 1 amide bonds. The van der Waals surface area contributed by atoms with Crippen LogP contribution in [0.2, 0.25) is 5.02 Å². The van der Waals surface area contributed by atoms with Crippen LogP contribution in [0.3, 0.4) is 0 Å². The molecule has 1 radical (unpaired) electrons. The molecule has 0 aliphatic carbocycles. The maximum absolute atomic E-state index is 15.1. The van der Waals surface area contributed by atoms with Gasteiger partial charge < -0.3 is 15.4 Å². The number of carbonyl (C=O) groups excluding carboxylic acids is 1. The Bertz CT molecular complexity index is 1450. The summed E-state index contributed by atoms with van der Waals surface area (Å²) >= 11 is 6.10. The predicted octanol–water partition coefficient (Wildman–Crippen LogP) is 4.36. The summed E-state index contributed by atoms with van der Waals surface area (Å²) in [4.78, 5) is 17.5. The van der Waals surface area contributed by atoms with E-state index in [0.717, 1.165) is 11.8 Å². The van der Waals surface area contributed by atoms with Gasteiger partial charge in [-0.3, -0.25) is 9.78 Å². The molecule has 0 unspecified atom stereocenters. The number of piperazine rings is 1. The van der Waals surface area contributed by atoms with Crippen LogP contribution in [0.5, 0.6) is 0 Å². The average molecular weight is 600 g/mol. The van der Waals surface area contributed by atoms with Crippen molar-refractivity contribution in [2.45, 2.75) is 42.0 Å². The van der Waals surface area contributed by atoms with Crippen molar-refractivity contribution < 1.29 is 22.3 Å². The largest absolute Gasteiger partial charge is 0.381 e. The van der Waals surface area contributed by atoms with Crippen LogP contribution in [0.1, 0.15) is 30.4 Å². The Hall–Kier alpha value is -2.89. The first-order valence-electron chi connectivity index (χ1n) is 13.7. The third kappa shape index (κ3) is 6.79. The number of nitrogens with one attached hydrogen (secondary N) is 2. The molecule has 0 saturated carbocycles. The van der Waals surface area contributed by atoms with Gasteiger partial charge in [0.2, 0.25) is 15.9 Å². The molecule has 5 rings (SSSR count). The molecule has 0 bridgehead atoms. The smallest absolute Gasteiger partial charge is 0.243 e. The van der Waals surface area contributed by atoms with Crippen molar-refractivity contribution in [3.8, 4) is 0 Å². The lowest BCUT2D eigenvalue weighted by atomic mass is 9.71. The minimum absolute atomic E-state index is 0.216. The molecule has 3 aromatic rings. The van der Waals surface area contributed by atoms with Crippen molar-refractivity contribution in [1.82, 2.24) is 14.6 Å². The van der Waals surface area contributed by atoms with E-state index in [2.05, 4.69) is 15.6 Å². The van der Waals surface area contributed by atoms with Crippen LogP contribution < -0.4 is 10.6 Å². The molecule has 41 heavy (non-hydrogen) atoms. The van der Waals surface area contributed by atoms with Crippen LogP contribution in [0.4, 0.5) is 10.1 Å². The standard InChI is InChI=1S/C30H33ClFN4O4S/c31-23-8-6-22(7-9-23)30(12-16-40-17-13-30)18-29(37)35-28-21-34-20-27(32)26(28)11-10-24-19-33-14-15-36(24)41(38,39)25-4-2-1-3-5-25/h1-9,18,20-21,24,33H,10-17,19H2,(H,35,37)/t24-/m0/s1. The highest BCUT2D eigenvalue weighted by atomic mass is 35.5. The van der Waals surface area contributed by atoms with Crippen LogP contribution >= 0.6 is 11.6 Å². The van der Waals surface area contributed by atoms with E-state index < -0.39 is 21.3 Å². The maximum atomic E-state index is 15.1. The number of carbonyl (C=O) groups is 1. The normalized spacial score (nSPS) is 19.5. The van der Waals surface area contributed by atoms with Crippen LogP contribution in [0, 0.1) is 12.2 Å². The monoisotopic (exact) mass is 599 g/mol. The van der Waals surface area contributed by atoms with Crippen LogP contribution in [0.25, 0.3) is 0 Å². The van der Waals surface area contributed by atoms with Crippen molar-refractivity contribution >= 4 is 33.2 Å². The SMILES string of the molecule is O=C([CH]C1(c2ccc(Cl)cc2)CCOCC1)Nc1cncc(F)c1CC[C@H]1CNCCN1S(=O)(=O)c1ccccc1. The molecule has 2 aliphatic heterocycles. The Morgan fingerprint density at radius 1 is 1.15 bits per heavy atom. The Balaban J connectivity index is 1.32. The van der Waals surface area contributed by atoms with Gasteiger partial charge in [0.25, 0.3) is 0 Å². The molecule has 11 heteroatoms. The number of hydrogen-bond donors (Lipinski definition) is 2. The third-order valence-electron chi connectivity index (χ3n) is 7.85. The topological polar surface area (TPSA) is 101 Å². The fourth-order valence-electron chi connectivity index (χ4n) is 5.62. The highest BCUT2D eigenvalue weighted by molar-refractivity contribution is 7.89. The van der Waals surface area contributed by atoms with E-state index in [1.165, 1.54) is 10.5 Å². The molecule has 217 valence electrons. The van der Waals surface area contributed by atoms with E-state index in [-0.39, 0.29) is 34.5 Å². The Morgan fingerprint density at radius 3 is 2.61 bits per heavy atom. The molecular weight excluding hydrogens is 567 g/mol. The molecule has 2 aromatic carbocycles. The number of halogens is 2. The van der Waals surface area contributed by atoms with Gasteiger partial charge in [0.15, 0.2) is 0 Å². The number of amides is 1. The number of nitrogens with zero attached hydrogens (tertiary/aromatic N) is 2. The summed E-state index contributed by atoms with van der Waals surface area (Å²) in [6.07, 6.45) is 6.01. The highest BCUT2D eigenvalue weighted by Crippen LogP contribution is 2.38. The van der Waals surface area contributed by atoms with Crippen molar-refractivity contribution in [3.63, 3.8) is 0 Å². The van der Waals surface area contributed by atoms with E-state index in [4.69, 9.17) is 16.3 Å². The zero-order valence-electron chi connectivity index (χ0n) is 22.6. The number of ether oxygens (including phenoxy) is 1. The third-order valence-corrected chi connectivity index (χ3v) is 10.1.